The van der Waals surface area contributed by atoms with Crippen molar-refractivity contribution in [1.29, 1.82) is 0 Å². The van der Waals surface area contributed by atoms with Crippen molar-refractivity contribution in [2.24, 2.45) is 0 Å². The number of hydrogen-bond acceptors (Lipinski definition) is 1. The van der Waals surface area contributed by atoms with E-state index in [0.717, 1.165) is 28.2 Å². The summed E-state index contributed by atoms with van der Waals surface area (Å²) in [5, 5.41) is 7.90. The number of benzene rings is 8. The molecular weight excluding hydrogens is 707 g/mol. The highest BCUT2D eigenvalue weighted by molar-refractivity contribution is 6.67. The van der Waals surface area contributed by atoms with Crippen LogP contribution in [0, 0.1) is 0 Å². The molecule has 0 radical (unpaired) electrons. The van der Waals surface area contributed by atoms with E-state index in [-0.39, 0.29) is 0 Å². The number of nitrogens with zero attached hydrogens (tertiary/aromatic N) is 3. The molecule has 0 saturated carbocycles. The van der Waals surface area contributed by atoms with Crippen LogP contribution in [0.1, 0.15) is 0 Å². The van der Waals surface area contributed by atoms with E-state index in [1.54, 1.807) is 0 Å². The second-order valence-corrected chi connectivity index (χ2v) is 16.8. The topological polar surface area (TPSA) is 22.8 Å². The SMILES string of the molecule is c1ccc([SiH2]c2ccc(-n3c4ccccc4c4cc(-c5ccc6c(c5)c5ccccc5n6-c5cccc(-c6cccc(-c7ccccc7)n6)c5)ccc43)cc2)cc1. The molecular formula is C53H37N3Si. The van der Waals surface area contributed by atoms with Crippen LogP contribution in [0.2, 0.25) is 0 Å². The fourth-order valence-electron chi connectivity index (χ4n) is 8.63. The summed E-state index contributed by atoms with van der Waals surface area (Å²) in [6.07, 6.45) is 0. The van der Waals surface area contributed by atoms with Crippen LogP contribution in [0.3, 0.4) is 0 Å². The van der Waals surface area contributed by atoms with Crippen molar-refractivity contribution in [2.45, 2.75) is 0 Å². The third kappa shape index (κ3) is 5.86. The molecule has 3 nitrogen and oxygen atoms in total. The minimum absolute atomic E-state index is 0.513. The van der Waals surface area contributed by atoms with Gasteiger partial charge in [-0.15, -0.1) is 0 Å². The summed E-state index contributed by atoms with van der Waals surface area (Å²) in [6.45, 7) is 0. The molecule has 0 aliphatic rings. The number of aromatic nitrogens is 3. The number of pyridine rings is 1. The minimum Gasteiger partial charge on any atom is -0.309 e. The molecule has 8 aromatic carbocycles. The van der Waals surface area contributed by atoms with Crippen molar-refractivity contribution >= 4 is 63.5 Å². The average Bonchev–Trinajstić information content (AvgIpc) is 3.80. The zero-order valence-electron chi connectivity index (χ0n) is 31.3. The Kier molecular flexibility index (Phi) is 8.01. The van der Waals surface area contributed by atoms with Gasteiger partial charge in [-0.3, -0.25) is 0 Å². The Labute approximate surface area is 333 Å². The van der Waals surface area contributed by atoms with Gasteiger partial charge in [0.15, 0.2) is 0 Å². The third-order valence-electron chi connectivity index (χ3n) is 11.3. The fourth-order valence-corrected chi connectivity index (χ4v) is 10.1. The molecule has 0 bridgehead atoms. The Morgan fingerprint density at radius 2 is 0.789 bits per heavy atom. The Bertz CT molecular complexity index is 3250. The normalized spacial score (nSPS) is 11.8. The first-order chi connectivity index (χ1) is 28.2. The molecule has 0 aliphatic carbocycles. The second-order valence-electron chi connectivity index (χ2n) is 14.8. The number of fused-ring (bicyclic) bond motifs is 6. The van der Waals surface area contributed by atoms with E-state index in [9.17, 15) is 0 Å². The third-order valence-corrected chi connectivity index (χ3v) is 13.1. The lowest BCUT2D eigenvalue weighted by Gasteiger charge is -2.11. The van der Waals surface area contributed by atoms with E-state index in [1.807, 2.05) is 6.07 Å². The van der Waals surface area contributed by atoms with Gasteiger partial charge in [-0.2, -0.15) is 0 Å². The Hall–Kier alpha value is -7.27. The van der Waals surface area contributed by atoms with Crippen LogP contribution in [-0.4, -0.2) is 23.6 Å². The number of rotatable bonds is 7. The van der Waals surface area contributed by atoms with Gasteiger partial charge in [-0.05, 0) is 83.9 Å². The van der Waals surface area contributed by atoms with Gasteiger partial charge in [0.1, 0.15) is 0 Å². The van der Waals surface area contributed by atoms with E-state index >= 15 is 0 Å². The lowest BCUT2D eigenvalue weighted by atomic mass is 10.0. The van der Waals surface area contributed by atoms with Crippen LogP contribution in [0.15, 0.2) is 212 Å². The Morgan fingerprint density at radius 1 is 0.298 bits per heavy atom. The molecule has 3 aromatic heterocycles. The summed E-state index contributed by atoms with van der Waals surface area (Å²) < 4.78 is 4.81. The van der Waals surface area contributed by atoms with Crippen LogP contribution in [0.5, 0.6) is 0 Å². The van der Waals surface area contributed by atoms with Crippen molar-refractivity contribution in [3.8, 4) is 45.0 Å². The van der Waals surface area contributed by atoms with Gasteiger partial charge in [-0.25, -0.2) is 4.98 Å². The quantitative estimate of drug-likeness (QED) is 0.149. The minimum atomic E-state index is -0.513. The summed E-state index contributed by atoms with van der Waals surface area (Å²) in [6, 6.07) is 77.0. The van der Waals surface area contributed by atoms with Gasteiger partial charge in [0, 0.05) is 44.0 Å². The molecule has 4 heteroatoms. The summed E-state index contributed by atoms with van der Waals surface area (Å²) in [7, 11) is -0.513. The molecule has 0 fully saturated rings. The zero-order chi connectivity index (χ0) is 37.7. The molecule has 57 heavy (non-hydrogen) atoms. The summed E-state index contributed by atoms with van der Waals surface area (Å²) in [4.78, 5) is 5.07. The van der Waals surface area contributed by atoms with E-state index in [1.165, 1.54) is 70.8 Å². The highest BCUT2D eigenvalue weighted by Gasteiger charge is 2.17. The van der Waals surface area contributed by atoms with Crippen LogP contribution >= 0.6 is 0 Å². The predicted octanol–water partition coefficient (Wildman–Crippen LogP) is 11.4. The van der Waals surface area contributed by atoms with E-state index in [4.69, 9.17) is 4.98 Å². The lowest BCUT2D eigenvalue weighted by molar-refractivity contribution is 1.18. The molecule has 0 N–H and O–H groups in total. The van der Waals surface area contributed by atoms with E-state index < -0.39 is 9.52 Å². The largest absolute Gasteiger partial charge is 0.309 e. The highest BCUT2D eigenvalue weighted by Crippen LogP contribution is 2.38. The smallest absolute Gasteiger partial charge is 0.0875 e. The molecule has 0 atom stereocenters. The molecule has 268 valence electrons. The monoisotopic (exact) mass is 743 g/mol. The molecule has 11 aromatic rings. The first-order valence-corrected chi connectivity index (χ1v) is 21.0. The van der Waals surface area contributed by atoms with Crippen molar-refractivity contribution in [1.82, 2.24) is 14.1 Å². The second kappa shape index (κ2) is 13.8. The number of hydrogen-bond donors (Lipinski definition) is 0. The average molecular weight is 744 g/mol. The number of para-hydroxylation sites is 2. The maximum Gasteiger partial charge on any atom is 0.0875 e. The predicted molar refractivity (Wildman–Crippen MR) is 243 cm³/mol. The first kappa shape index (κ1) is 33.1. The first-order valence-electron chi connectivity index (χ1n) is 19.6. The molecule has 3 heterocycles. The Morgan fingerprint density at radius 3 is 1.44 bits per heavy atom. The summed E-state index contributed by atoms with van der Waals surface area (Å²) in [5.41, 5.74) is 13.7. The molecule has 0 spiro atoms. The van der Waals surface area contributed by atoms with E-state index in [0.29, 0.717) is 0 Å². The zero-order valence-corrected chi connectivity index (χ0v) is 32.7. The van der Waals surface area contributed by atoms with Gasteiger partial charge < -0.3 is 9.13 Å². The fraction of sp³-hybridized carbons (Fsp3) is 0. The van der Waals surface area contributed by atoms with Gasteiger partial charge in [-0.1, -0.05) is 150 Å². The molecule has 0 saturated heterocycles. The van der Waals surface area contributed by atoms with Gasteiger partial charge >= 0.3 is 0 Å². The van der Waals surface area contributed by atoms with Crippen molar-refractivity contribution in [3.05, 3.63) is 212 Å². The molecule has 0 amide bonds. The van der Waals surface area contributed by atoms with Crippen molar-refractivity contribution in [2.75, 3.05) is 0 Å². The maximum atomic E-state index is 5.07. The van der Waals surface area contributed by atoms with Gasteiger partial charge in [0.2, 0.25) is 0 Å². The van der Waals surface area contributed by atoms with Crippen LogP contribution in [0.25, 0.3) is 88.6 Å². The van der Waals surface area contributed by atoms with Crippen LogP contribution < -0.4 is 10.4 Å². The maximum absolute atomic E-state index is 5.07. The standard InChI is InChI=1S/C53H37N3Si/c1-3-13-36(14-4-1)48-21-12-22-49(54-48)39-15-11-16-41(33-39)56-51-24-10-8-20-45(51)47-35-38(26-32-53(47)56)37-25-31-52-46(34-37)44-19-7-9-23-50(44)55(52)40-27-29-43(30-28-40)57-42-17-5-2-6-18-42/h1-35H,57H2. The van der Waals surface area contributed by atoms with Crippen molar-refractivity contribution < 1.29 is 0 Å². The molecule has 0 aliphatic heterocycles. The Balaban J connectivity index is 0.987. The van der Waals surface area contributed by atoms with E-state index in [2.05, 4.69) is 215 Å². The van der Waals surface area contributed by atoms with Gasteiger partial charge in [0.25, 0.3) is 0 Å². The van der Waals surface area contributed by atoms with Crippen LogP contribution in [0.4, 0.5) is 0 Å². The molecule has 11 rings (SSSR count). The van der Waals surface area contributed by atoms with Crippen molar-refractivity contribution in [3.63, 3.8) is 0 Å². The lowest BCUT2D eigenvalue weighted by Crippen LogP contribution is -2.26. The van der Waals surface area contributed by atoms with Gasteiger partial charge in [0.05, 0.1) is 43.0 Å². The summed E-state index contributed by atoms with van der Waals surface area (Å²) >= 11 is 0. The highest BCUT2D eigenvalue weighted by atomic mass is 28.2. The molecule has 0 unspecified atom stereocenters. The van der Waals surface area contributed by atoms with Crippen LogP contribution in [-0.2, 0) is 0 Å². The summed E-state index contributed by atoms with van der Waals surface area (Å²) in [5.74, 6) is 0.